The molecule has 0 radical (unpaired) electrons. The minimum absolute atomic E-state index is 0.0274. The van der Waals surface area contributed by atoms with E-state index < -0.39 is 17.0 Å². The number of ketones is 2. The molecule has 0 unspecified atom stereocenters. The molecule has 0 spiro atoms. The standard InChI is InChI=1S/C21H32O4.H2O4S/c1-20-8-7-13(23)9-12(20)3-4-14-15-5-6-16(18(25)11-22)21(15,2)10-17(24)19(14)20;1-5(2,3)4/h12-16,19,22-23H,3-11H2,1-2H3;(H2,1,2,3,4)/t12-,13+,14-,15-,16+,19+,20-,21-;/m0./s1. The molecular weight excluding hydrogens is 412 g/mol. The summed E-state index contributed by atoms with van der Waals surface area (Å²) in [6.45, 7) is 4.04. The second-order valence-electron chi connectivity index (χ2n) is 10.3. The number of fused-ring (bicyclic) bond motifs is 5. The molecule has 0 amide bonds. The summed E-state index contributed by atoms with van der Waals surface area (Å²) in [5.74, 6) is 1.52. The van der Waals surface area contributed by atoms with Crippen LogP contribution in [0.3, 0.4) is 0 Å². The molecule has 0 aromatic heterocycles. The molecule has 4 saturated carbocycles. The zero-order chi connectivity index (χ0) is 22.5. The number of hydrogen-bond donors (Lipinski definition) is 4. The SMILES string of the molecule is C[C@]12CC[C@@H](O)C[C@@H]1CC[C@H]1[C@@H]3CC[C@H](C(=O)CO)[C@@]3(C)CC(=O)[C@@H]12.O=S(=O)(O)O. The van der Waals surface area contributed by atoms with Crippen molar-refractivity contribution in [2.24, 2.45) is 40.4 Å². The molecule has 9 heteroatoms. The lowest BCUT2D eigenvalue weighted by molar-refractivity contribution is -0.162. The number of aliphatic hydroxyl groups excluding tert-OH is 2. The summed E-state index contributed by atoms with van der Waals surface area (Å²) >= 11 is 0. The van der Waals surface area contributed by atoms with Gasteiger partial charge >= 0.3 is 10.4 Å². The first-order chi connectivity index (χ1) is 13.8. The maximum Gasteiger partial charge on any atom is 0.394 e. The third kappa shape index (κ3) is 4.24. The molecule has 4 N–H and O–H groups in total. The quantitative estimate of drug-likeness (QED) is 0.471. The molecule has 0 bridgehead atoms. The minimum Gasteiger partial charge on any atom is -0.393 e. The molecule has 8 nitrogen and oxygen atoms in total. The zero-order valence-corrected chi connectivity index (χ0v) is 18.5. The highest BCUT2D eigenvalue weighted by Crippen LogP contribution is 2.66. The van der Waals surface area contributed by atoms with E-state index in [-0.39, 0.29) is 34.6 Å². The first kappa shape index (κ1) is 23.8. The summed E-state index contributed by atoms with van der Waals surface area (Å²) in [5.41, 5.74) is -0.227. The van der Waals surface area contributed by atoms with Crippen LogP contribution in [0.1, 0.15) is 65.2 Å². The van der Waals surface area contributed by atoms with Crippen LogP contribution in [0.25, 0.3) is 0 Å². The third-order valence-corrected chi connectivity index (χ3v) is 8.87. The van der Waals surface area contributed by atoms with Gasteiger partial charge in [0.25, 0.3) is 0 Å². The predicted molar refractivity (Wildman–Crippen MR) is 108 cm³/mol. The van der Waals surface area contributed by atoms with Gasteiger partial charge in [0, 0.05) is 18.3 Å². The lowest BCUT2D eigenvalue weighted by atomic mass is 9.44. The fraction of sp³-hybridized carbons (Fsp3) is 0.905. The molecule has 0 heterocycles. The number of carbonyl (C=O) groups excluding carboxylic acids is 2. The van der Waals surface area contributed by atoms with Crippen LogP contribution in [0.5, 0.6) is 0 Å². The molecule has 4 aliphatic rings. The summed E-state index contributed by atoms with van der Waals surface area (Å²) in [6.07, 6.45) is 6.93. The van der Waals surface area contributed by atoms with E-state index in [1.54, 1.807) is 0 Å². The Hall–Kier alpha value is -0.870. The van der Waals surface area contributed by atoms with Crippen LogP contribution in [0.4, 0.5) is 0 Å². The normalized spacial score (nSPS) is 45.5. The van der Waals surface area contributed by atoms with Crippen molar-refractivity contribution in [2.45, 2.75) is 71.3 Å². The Balaban J connectivity index is 0.000000461. The molecule has 0 aromatic carbocycles. The Morgan fingerprint density at radius 2 is 1.70 bits per heavy atom. The van der Waals surface area contributed by atoms with Gasteiger partial charge in [0.1, 0.15) is 12.4 Å². The first-order valence-corrected chi connectivity index (χ1v) is 12.2. The Morgan fingerprint density at radius 3 is 2.30 bits per heavy atom. The van der Waals surface area contributed by atoms with Gasteiger partial charge in [0.2, 0.25) is 0 Å². The van der Waals surface area contributed by atoms with Crippen molar-refractivity contribution in [3.63, 3.8) is 0 Å². The van der Waals surface area contributed by atoms with Crippen LogP contribution in [-0.4, -0.2) is 52.0 Å². The highest BCUT2D eigenvalue weighted by Gasteiger charge is 2.63. The number of hydrogen-bond acceptors (Lipinski definition) is 6. The molecule has 30 heavy (non-hydrogen) atoms. The average Bonchev–Trinajstić information content (AvgIpc) is 2.96. The molecule has 4 rings (SSSR count). The van der Waals surface area contributed by atoms with Gasteiger partial charge in [-0.1, -0.05) is 13.8 Å². The van der Waals surface area contributed by atoms with Gasteiger partial charge in [-0.2, -0.15) is 8.42 Å². The molecule has 0 saturated heterocycles. The molecule has 4 aliphatic carbocycles. The lowest BCUT2D eigenvalue weighted by Crippen LogP contribution is -2.58. The van der Waals surface area contributed by atoms with E-state index in [4.69, 9.17) is 17.5 Å². The van der Waals surface area contributed by atoms with Crippen molar-refractivity contribution in [1.82, 2.24) is 0 Å². The molecule has 172 valence electrons. The monoisotopic (exact) mass is 446 g/mol. The van der Waals surface area contributed by atoms with Gasteiger partial charge < -0.3 is 10.2 Å². The topological polar surface area (TPSA) is 149 Å². The van der Waals surface area contributed by atoms with Crippen LogP contribution in [-0.2, 0) is 20.0 Å². The second kappa shape index (κ2) is 8.24. The van der Waals surface area contributed by atoms with Crippen LogP contribution >= 0.6 is 0 Å². The largest absolute Gasteiger partial charge is 0.394 e. The Labute approximate surface area is 178 Å². The second-order valence-corrected chi connectivity index (χ2v) is 11.2. The van der Waals surface area contributed by atoms with Crippen molar-refractivity contribution in [3.05, 3.63) is 0 Å². The minimum atomic E-state index is -4.67. The molecule has 8 atom stereocenters. The van der Waals surface area contributed by atoms with Crippen LogP contribution < -0.4 is 0 Å². The van der Waals surface area contributed by atoms with Crippen LogP contribution in [0.15, 0.2) is 0 Å². The van der Waals surface area contributed by atoms with Gasteiger partial charge in [-0.15, -0.1) is 0 Å². The highest BCUT2D eigenvalue weighted by atomic mass is 32.3. The van der Waals surface area contributed by atoms with Gasteiger partial charge in [-0.3, -0.25) is 18.7 Å². The van der Waals surface area contributed by atoms with Crippen molar-refractivity contribution in [2.75, 3.05) is 6.61 Å². The number of Topliss-reactive ketones (excluding diaryl/α,β-unsaturated/α-hetero) is 2. The summed E-state index contributed by atoms with van der Waals surface area (Å²) in [7, 11) is -4.67. The van der Waals surface area contributed by atoms with Crippen LogP contribution in [0, 0.1) is 40.4 Å². The van der Waals surface area contributed by atoms with E-state index in [1.165, 1.54) is 0 Å². The van der Waals surface area contributed by atoms with E-state index >= 15 is 0 Å². The summed E-state index contributed by atoms with van der Waals surface area (Å²) in [5, 5.41) is 19.5. The van der Waals surface area contributed by atoms with E-state index in [9.17, 15) is 19.8 Å². The molecule has 4 fully saturated rings. The van der Waals surface area contributed by atoms with Crippen molar-refractivity contribution in [3.8, 4) is 0 Å². The van der Waals surface area contributed by atoms with E-state index in [2.05, 4.69) is 13.8 Å². The van der Waals surface area contributed by atoms with E-state index in [0.29, 0.717) is 30.0 Å². The van der Waals surface area contributed by atoms with Crippen molar-refractivity contribution < 1.29 is 37.3 Å². The van der Waals surface area contributed by atoms with Gasteiger partial charge in [0.05, 0.1) is 6.10 Å². The summed E-state index contributed by atoms with van der Waals surface area (Å²) < 4.78 is 31.6. The third-order valence-electron chi connectivity index (χ3n) is 8.87. The number of carbonyl (C=O) groups is 2. The Morgan fingerprint density at radius 1 is 1.07 bits per heavy atom. The smallest absolute Gasteiger partial charge is 0.393 e. The van der Waals surface area contributed by atoms with Gasteiger partial charge in [-0.25, -0.2) is 0 Å². The fourth-order valence-electron chi connectivity index (χ4n) is 7.69. The molecule has 0 aromatic rings. The molecule has 0 aliphatic heterocycles. The van der Waals surface area contributed by atoms with E-state index in [0.717, 1.165) is 44.9 Å². The molecular formula is C21H34O8S. The van der Waals surface area contributed by atoms with Crippen molar-refractivity contribution >= 4 is 22.0 Å². The summed E-state index contributed by atoms with van der Waals surface area (Å²) in [4.78, 5) is 25.6. The Kier molecular flexibility index (Phi) is 6.53. The average molecular weight is 447 g/mol. The summed E-state index contributed by atoms with van der Waals surface area (Å²) in [6, 6.07) is 0. The maximum atomic E-state index is 13.3. The van der Waals surface area contributed by atoms with E-state index in [1.807, 2.05) is 0 Å². The fourth-order valence-corrected chi connectivity index (χ4v) is 7.69. The lowest BCUT2D eigenvalue weighted by Gasteiger charge is -2.59. The highest BCUT2D eigenvalue weighted by molar-refractivity contribution is 7.79. The van der Waals surface area contributed by atoms with Crippen molar-refractivity contribution in [1.29, 1.82) is 0 Å². The number of aliphatic hydroxyl groups is 2. The maximum absolute atomic E-state index is 13.3. The van der Waals surface area contributed by atoms with Gasteiger partial charge in [-0.05, 0) is 73.5 Å². The van der Waals surface area contributed by atoms with Crippen LogP contribution in [0.2, 0.25) is 0 Å². The Bertz CT molecular complexity index is 787. The zero-order valence-electron chi connectivity index (χ0n) is 17.7. The van der Waals surface area contributed by atoms with Gasteiger partial charge in [0.15, 0.2) is 5.78 Å². The predicted octanol–water partition coefficient (Wildman–Crippen LogP) is 2.09. The first-order valence-electron chi connectivity index (χ1n) is 10.9. The number of rotatable bonds is 2.